The van der Waals surface area contributed by atoms with E-state index >= 15 is 0 Å². The van der Waals surface area contributed by atoms with Gasteiger partial charge in [-0.25, -0.2) is 0 Å². The van der Waals surface area contributed by atoms with Crippen LogP contribution in [0.15, 0.2) is 4.52 Å². The van der Waals surface area contributed by atoms with E-state index in [1.54, 1.807) is 0 Å². The third-order valence-corrected chi connectivity index (χ3v) is 2.38. The van der Waals surface area contributed by atoms with Gasteiger partial charge in [-0.3, -0.25) is 0 Å². The number of nitrogens with zero attached hydrogens (tertiary/aromatic N) is 2. The zero-order valence-corrected chi connectivity index (χ0v) is 9.80. The van der Waals surface area contributed by atoms with Gasteiger partial charge in [0.2, 0.25) is 0 Å². The second-order valence-corrected chi connectivity index (χ2v) is 3.69. The van der Waals surface area contributed by atoms with Gasteiger partial charge in [0.1, 0.15) is 0 Å². The Hall–Kier alpha value is -1.02. The van der Waals surface area contributed by atoms with Crippen molar-refractivity contribution in [1.29, 1.82) is 0 Å². The summed E-state index contributed by atoms with van der Waals surface area (Å²) in [7, 11) is 0. The van der Waals surface area contributed by atoms with Gasteiger partial charge in [0.15, 0.2) is 11.9 Å². The van der Waals surface area contributed by atoms with Crippen molar-refractivity contribution < 1.29 is 18.7 Å². The lowest BCUT2D eigenvalue weighted by molar-refractivity contribution is -0.101. The van der Waals surface area contributed by atoms with Crippen LogP contribution in [0.2, 0.25) is 0 Å². The summed E-state index contributed by atoms with van der Waals surface area (Å²) in [6.45, 7) is 4.45. The highest BCUT2D eigenvalue weighted by atomic mass is 16.6. The summed E-state index contributed by atoms with van der Waals surface area (Å²) in [5.74, 6) is 0.842. The van der Waals surface area contributed by atoms with Gasteiger partial charge in [-0.2, -0.15) is 4.98 Å². The maximum absolute atomic E-state index is 5.84. The zero-order chi connectivity index (χ0) is 12.1. The van der Waals surface area contributed by atoms with Gasteiger partial charge in [0.25, 0.3) is 5.89 Å². The minimum Gasteiger partial charge on any atom is -0.380 e. The molecular weight excluding hydrogens is 226 g/mol. The molecule has 1 aliphatic rings. The molecule has 0 aromatic carbocycles. The summed E-state index contributed by atoms with van der Waals surface area (Å²) >= 11 is 0. The molecule has 0 bridgehead atoms. The average molecular weight is 243 g/mol. The molecule has 0 radical (unpaired) electrons. The first-order chi connectivity index (χ1) is 8.31. The molecule has 1 aromatic rings. The van der Waals surface area contributed by atoms with Crippen molar-refractivity contribution in [2.45, 2.75) is 19.1 Å². The van der Waals surface area contributed by atoms with Gasteiger partial charge in [0, 0.05) is 6.61 Å². The number of rotatable bonds is 5. The van der Waals surface area contributed by atoms with Crippen LogP contribution in [0.5, 0.6) is 0 Å². The maximum Gasteiger partial charge on any atom is 0.258 e. The quantitative estimate of drug-likeness (QED) is 0.789. The van der Waals surface area contributed by atoms with E-state index in [9.17, 15) is 0 Å². The Kier molecular flexibility index (Phi) is 4.43. The molecule has 0 amide bonds. The van der Waals surface area contributed by atoms with E-state index < -0.39 is 0 Å². The SMILES string of the molecule is CCOCC(N)c1noc(C2COCCO2)n1. The Bertz CT molecular complexity index is 338. The molecule has 7 nitrogen and oxygen atoms in total. The van der Waals surface area contributed by atoms with Crippen LogP contribution in [0.25, 0.3) is 0 Å². The molecule has 96 valence electrons. The van der Waals surface area contributed by atoms with Crippen LogP contribution in [0.3, 0.4) is 0 Å². The average Bonchev–Trinajstić information content (AvgIpc) is 2.86. The number of hydrogen-bond donors (Lipinski definition) is 1. The van der Waals surface area contributed by atoms with Crippen LogP contribution in [0.4, 0.5) is 0 Å². The first-order valence-corrected chi connectivity index (χ1v) is 5.67. The molecule has 2 atom stereocenters. The molecule has 0 aliphatic carbocycles. The molecule has 7 heteroatoms. The zero-order valence-electron chi connectivity index (χ0n) is 9.80. The van der Waals surface area contributed by atoms with Crippen LogP contribution < -0.4 is 5.73 Å². The molecule has 2 heterocycles. The van der Waals surface area contributed by atoms with Gasteiger partial charge in [0.05, 0.1) is 32.5 Å². The second-order valence-electron chi connectivity index (χ2n) is 3.69. The maximum atomic E-state index is 5.84. The van der Waals surface area contributed by atoms with Gasteiger partial charge in [-0.1, -0.05) is 5.16 Å². The smallest absolute Gasteiger partial charge is 0.258 e. The molecule has 0 spiro atoms. The van der Waals surface area contributed by atoms with Crippen molar-refractivity contribution in [3.63, 3.8) is 0 Å². The lowest BCUT2D eigenvalue weighted by Gasteiger charge is -2.19. The van der Waals surface area contributed by atoms with Crippen LogP contribution in [-0.4, -0.2) is 43.2 Å². The summed E-state index contributed by atoms with van der Waals surface area (Å²) < 4.78 is 21.0. The largest absolute Gasteiger partial charge is 0.380 e. The Morgan fingerprint density at radius 1 is 1.53 bits per heavy atom. The predicted molar refractivity (Wildman–Crippen MR) is 57.2 cm³/mol. The molecule has 1 aliphatic heterocycles. The highest BCUT2D eigenvalue weighted by Crippen LogP contribution is 2.20. The Morgan fingerprint density at radius 2 is 2.41 bits per heavy atom. The molecule has 2 N–H and O–H groups in total. The van der Waals surface area contributed by atoms with Gasteiger partial charge in [-0.05, 0) is 6.92 Å². The van der Waals surface area contributed by atoms with Crippen LogP contribution in [0.1, 0.15) is 30.8 Å². The molecule has 2 unspecified atom stereocenters. The lowest BCUT2D eigenvalue weighted by Crippen LogP contribution is -2.22. The van der Waals surface area contributed by atoms with E-state index in [4.69, 9.17) is 24.5 Å². The van der Waals surface area contributed by atoms with Crippen molar-refractivity contribution in [3.05, 3.63) is 11.7 Å². The first kappa shape index (κ1) is 12.4. The van der Waals surface area contributed by atoms with Crippen molar-refractivity contribution >= 4 is 0 Å². The molecule has 2 rings (SSSR count). The van der Waals surface area contributed by atoms with E-state index in [1.165, 1.54) is 0 Å². The molecule has 1 saturated heterocycles. The molecule has 0 saturated carbocycles. The number of hydrogen-bond acceptors (Lipinski definition) is 7. The third kappa shape index (κ3) is 3.22. The molecule has 1 fully saturated rings. The summed E-state index contributed by atoms with van der Waals surface area (Å²) in [6.07, 6.45) is -0.288. The topological polar surface area (TPSA) is 92.6 Å². The summed E-state index contributed by atoms with van der Waals surface area (Å²) in [5.41, 5.74) is 5.84. The fourth-order valence-corrected chi connectivity index (χ4v) is 1.48. The molecular formula is C10H17N3O4. The molecule has 17 heavy (non-hydrogen) atoms. The van der Waals surface area contributed by atoms with E-state index in [0.29, 0.717) is 44.7 Å². The van der Waals surface area contributed by atoms with Crippen LogP contribution >= 0.6 is 0 Å². The van der Waals surface area contributed by atoms with Crippen LogP contribution in [-0.2, 0) is 14.2 Å². The predicted octanol–water partition coefficient (Wildman–Crippen LogP) is 0.194. The minimum absolute atomic E-state index is 0.288. The standard InChI is InChI=1S/C10H17N3O4/c1-2-14-5-7(11)9-12-10(17-13-9)8-6-15-3-4-16-8/h7-8H,2-6,11H2,1H3. The Morgan fingerprint density at radius 3 is 3.12 bits per heavy atom. The summed E-state index contributed by atoms with van der Waals surface area (Å²) in [6, 6.07) is -0.378. The van der Waals surface area contributed by atoms with Gasteiger partial charge in [-0.15, -0.1) is 0 Å². The lowest BCUT2D eigenvalue weighted by atomic mass is 10.3. The first-order valence-electron chi connectivity index (χ1n) is 5.67. The second kappa shape index (κ2) is 6.06. The van der Waals surface area contributed by atoms with Crippen molar-refractivity contribution in [3.8, 4) is 0 Å². The van der Waals surface area contributed by atoms with E-state index in [-0.39, 0.29) is 12.1 Å². The van der Waals surface area contributed by atoms with E-state index in [1.807, 2.05) is 6.92 Å². The minimum atomic E-state index is -0.378. The third-order valence-electron chi connectivity index (χ3n) is 2.38. The van der Waals surface area contributed by atoms with Crippen molar-refractivity contribution in [2.75, 3.05) is 33.0 Å². The summed E-state index contributed by atoms with van der Waals surface area (Å²) in [4.78, 5) is 4.20. The monoisotopic (exact) mass is 243 g/mol. The Labute approximate surface area is 99.2 Å². The normalized spacial score (nSPS) is 22.6. The number of ether oxygens (including phenoxy) is 3. The molecule has 1 aromatic heterocycles. The van der Waals surface area contributed by atoms with Gasteiger partial charge >= 0.3 is 0 Å². The van der Waals surface area contributed by atoms with E-state index in [2.05, 4.69) is 10.1 Å². The van der Waals surface area contributed by atoms with Crippen LogP contribution in [0, 0.1) is 0 Å². The number of aromatic nitrogens is 2. The highest BCUT2D eigenvalue weighted by Gasteiger charge is 2.24. The number of nitrogens with two attached hydrogens (primary N) is 1. The summed E-state index contributed by atoms with van der Waals surface area (Å²) in [5, 5.41) is 3.82. The highest BCUT2D eigenvalue weighted by molar-refractivity contribution is 4.96. The van der Waals surface area contributed by atoms with E-state index in [0.717, 1.165) is 0 Å². The fraction of sp³-hybridized carbons (Fsp3) is 0.800. The van der Waals surface area contributed by atoms with Crippen molar-refractivity contribution in [1.82, 2.24) is 10.1 Å². The van der Waals surface area contributed by atoms with Gasteiger partial charge < -0.3 is 24.5 Å². The Balaban J connectivity index is 1.94. The fourth-order valence-electron chi connectivity index (χ4n) is 1.48. The van der Waals surface area contributed by atoms with Crippen molar-refractivity contribution in [2.24, 2.45) is 5.73 Å².